The molecule has 0 amide bonds. The predicted molar refractivity (Wildman–Crippen MR) is 88.2 cm³/mol. The summed E-state index contributed by atoms with van der Waals surface area (Å²) < 4.78 is 6.41. The monoisotopic (exact) mass is 368 g/mol. The van der Waals surface area contributed by atoms with E-state index in [2.05, 4.69) is 33.0 Å². The van der Waals surface area contributed by atoms with Gasteiger partial charge in [0, 0.05) is 23.1 Å². The second kappa shape index (κ2) is 6.53. The first-order chi connectivity index (χ1) is 10.2. The third kappa shape index (κ3) is 3.51. The minimum atomic E-state index is 0.177. The second-order valence-corrected chi connectivity index (χ2v) is 6.67. The summed E-state index contributed by atoms with van der Waals surface area (Å²) in [4.78, 5) is 2.44. The van der Waals surface area contributed by atoms with Crippen LogP contribution < -0.4 is 5.73 Å². The minimum absolute atomic E-state index is 0.177. The van der Waals surface area contributed by atoms with Crippen LogP contribution in [0.4, 0.5) is 0 Å². The zero-order valence-corrected chi connectivity index (χ0v) is 14.0. The van der Waals surface area contributed by atoms with Crippen LogP contribution in [-0.2, 0) is 6.54 Å². The Labute approximate surface area is 138 Å². The molecule has 2 aromatic rings. The van der Waals surface area contributed by atoms with Gasteiger partial charge in [0.1, 0.15) is 5.76 Å². The molecule has 1 aromatic carbocycles. The van der Waals surface area contributed by atoms with Gasteiger partial charge in [-0.05, 0) is 58.6 Å². The molecule has 1 atom stereocenters. The van der Waals surface area contributed by atoms with E-state index in [0.29, 0.717) is 12.6 Å². The van der Waals surface area contributed by atoms with Gasteiger partial charge in [0.25, 0.3) is 0 Å². The summed E-state index contributed by atoms with van der Waals surface area (Å²) in [7, 11) is 0. The lowest BCUT2D eigenvalue weighted by atomic mass is 10.0. The minimum Gasteiger partial charge on any atom is -0.468 e. The second-order valence-electron chi connectivity index (χ2n) is 5.41. The van der Waals surface area contributed by atoms with E-state index in [4.69, 9.17) is 21.8 Å². The van der Waals surface area contributed by atoms with Crippen molar-refractivity contribution in [3.63, 3.8) is 0 Å². The lowest BCUT2D eigenvalue weighted by Crippen LogP contribution is -2.35. The van der Waals surface area contributed by atoms with Crippen LogP contribution in [-0.4, -0.2) is 17.5 Å². The number of halogens is 2. The Morgan fingerprint density at radius 2 is 2.19 bits per heavy atom. The third-order valence-electron chi connectivity index (χ3n) is 3.89. The zero-order valence-electron chi connectivity index (χ0n) is 11.6. The van der Waals surface area contributed by atoms with E-state index in [0.717, 1.165) is 21.8 Å². The Bertz CT molecular complexity index is 598. The summed E-state index contributed by atoms with van der Waals surface area (Å²) in [6.07, 6.45) is 4.18. The molecule has 3 nitrogen and oxygen atoms in total. The van der Waals surface area contributed by atoms with Gasteiger partial charge < -0.3 is 10.2 Å². The van der Waals surface area contributed by atoms with Crippen LogP contribution in [0.15, 0.2) is 45.5 Å². The van der Waals surface area contributed by atoms with Gasteiger partial charge in [-0.2, -0.15) is 0 Å². The summed E-state index contributed by atoms with van der Waals surface area (Å²) in [5.74, 6) is 0.980. The molecular formula is C16H18BrClN2O. The number of nitrogens with zero attached hydrogens (tertiary/aromatic N) is 1. The number of benzene rings is 1. The topological polar surface area (TPSA) is 42.4 Å². The van der Waals surface area contributed by atoms with Gasteiger partial charge in [0.05, 0.1) is 17.8 Å². The molecule has 1 aliphatic carbocycles. The molecule has 1 aromatic heterocycles. The van der Waals surface area contributed by atoms with E-state index in [1.807, 2.05) is 18.2 Å². The van der Waals surface area contributed by atoms with E-state index in [1.54, 1.807) is 6.26 Å². The summed E-state index contributed by atoms with van der Waals surface area (Å²) in [6, 6.07) is 10.8. The molecule has 1 unspecified atom stereocenters. The first-order valence-electron chi connectivity index (χ1n) is 7.12. The van der Waals surface area contributed by atoms with Gasteiger partial charge in [-0.3, -0.25) is 4.90 Å². The Hall–Kier alpha value is -0.810. The average molecular weight is 370 g/mol. The third-order valence-corrected chi connectivity index (χ3v) is 5.10. The van der Waals surface area contributed by atoms with Crippen molar-refractivity contribution >= 4 is 27.5 Å². The molecule has 0 aliphatic heterocycles. The molecule has 1 heterocycles. The molecular weight excluding hydrogens is 352 g/mol. The van der Waals surface area contributed by atoms with Gasteiger partial charge in [0.2, 0.25) is 0 Å². The molecule has 0 radical (unpaired) electrons. The number of hydrogen-bond acceptors (Lipinski definition) is 3. The highest BCUT2D eigenvalue weighted by molar-refractivity contribution is 9.10. The van der Waals surface area contributed by atoms with E-state index < -0.39 is 0 Å². The highest BCUT2D eigenvalue weighted by Gasteiger charge is 2.34. The van der Waals surface area contributed by atoms with Crippen molar-refractivity contribution in [1.82, 2.24) is 4.90 Å². The molecule has 21 heavy (non-hydrogen) atoms. The maximum atomic E-state index is 6.09. The van der Waals surface area contributed by atoms with Crippen LogP contribution in [0.2, 0.25) is 5.02 Å². The summed E-state index contributed by atoms with van der Waals surface area (Å²) in [5.41, 5.74) is 7.26. The predicted octanol–water partition coefficient (Wildman–Crippen LogP) is 4.36. The molecule has 0 bridgehead atoms. The zero-order chi connectivity index (χ0) is 14.8. The fourth-order valence-corrected chi connectivity index (χ4v) is 3.18. The average Bonchev–Trinajstić information content (AvgIpc) is 3.20. The van der Waals surface area contributed by atoms with E-state index in [-0.39, 0.29) is 6.04 Å². The standard InChI is InChI=1S/C16H18BrClN2O/c17-14-8-11(3-6-15(14)18)16(9-19)20(12-4-5-12)10-13-2-1-7-21-13/h1-3,6-8,12,16H,4-5,9-10,19H2. The molecule has 5 heteroatoms. The van der Waals surface area contributed by atoms with Crippen LogP contribution in [0.5, 0.6) is 0 Å². The first-order valence-corrected chi connectivity index (χ1v) is 8.29. The molecule has 1 fully saturated rings. The van der Waals surface area contributed by atoms with E-state index in [9.17, 15) is 0 Å². The molecule has 0 spiro atoms. The molecule has 2 N–H and O–H groups in total. The number of furan rings is 1. The molecule has 112 valence electrons. The lowest BCUT2D eigenvalue weighted by Gasteiger charge is -2.31. The van der Waals surface area contributed by atoms with Crippen LogP contribution in [0.1, 0.15) is 30.2 Å². The van der Waals surface area contributed by atoms with Crippen molar-refractivity contribution in [2.24, 2.45) is 5.73 Å². The fourth-order valence-electron chi connectivity index (χ4n) is 2.67. The normalized spacial score (nSPS) is 16.4. The number of rotatable bonds is 6. The quantitative estimate of drug-likeness (QED) is 0.822. The highest BCUT2D eigenvalue weighted by atomic mass is 79.9. The summed E-state index contributed by atoms with van der Waals surface area (Å²) >= 11 is 9.59. The van der Waals surface area contributed by atoms with Crippen molar-refractivity contribution in [1.29, 1.82) is 0 Å². The van der Waals surface area contributed by atoms with Crippen LogP contribution in [0, 0.1) is 0 Å². The molecule has 0 saturated heterocycles. The van der Waals surface area contributed by atoms with Crippen LogP contribution >= 0.6 is 27.5 Å². The van der Waals surface area contributed by atoms with Crippen molar-refractivity contribution in [3.8, 4) is 0 Å². The van der Waals surface area contributed by atoms with E-state index >= 15 is 0 Å². The summed E-state index contributed by atoms with van der Waals surface area (Å²) in [5, 5.41) is 0.721. The van der Waals surface area contributed by atoms with Gasteiger partial charge in [-0.1, -0.05) is 17.7 Å². The van der Waals surface area contributed by atoms with Crippen LogP contribution in [0.3, 0.4) is 0 Å². The molecule has 1 saturated carbocycles. The highest BCUT2D eigenvalue weighted by Crippen LogP contribution is 2.37. The Morgan fingerprint density at radius 3 is 2.76 bits per heavy atom. The Morgan fingerprint density at radius 1 is 1.38 bits per heavy atom. The Kier molecular flexibility index (Phi) is 4.69. The Balaban J connectivity index is 1.86. The lowest BCUT2D eigenvalue weighted by molar-refractivity contribution is 0.168. The maximum Gasteiger partial charge on any atom is 0.117 e. The van der Waals surface area contributed by atoms with Crippen molar-refractivity contribution < 1.29 is 4.42 Å². The fraction of sp³-hybridized carbons (Fsp3) is 0.375. The van der Waals surface area contributed by atoms with Gasteiger partial charge in [-0.15, -0.1) is 0 Å². The number of hydrogen-bond donors (Lipinski definition) is 1. The van der Waals surface area contributed by atoms with Gasteiger partial charge in [-0.25, -0.2) is 0 Å². The van der Waals surface area contributed by atoms with Crippen molar-refractivity contribution in [2.45, 2.75) is 31.5 Å². The van der Waals surface area contributed by atoms with E-state index in [1.165, 1.54) is 18.4 Å². The molecule has 1 aliphatic rings. The largest absolute Gasteiger partial charge is 0.468 e. The van der Waals surface area contributed by atoms with Gasteiger partial charge in [0.15, 0.2) is 0 Å². The van der Waals surface area contributed by atoms with Gasteiger partial charge >= 0.3 is 0 Å². The number of nitrogens with two attached hydrogens (primary N) is 1. The van der Waals surface area contributed by atoms with Crippen molar-refractivity contribution in [2.75, 3.05) is 6.54 Å². The first kappa shape index (κ1) is 15.1. The molecule has 3 rings (SSSR count). The van der Waals surface area contributed by atoms with Crippen LogP contribution in [0.25, 0.3) is 0 Å². The van der Waals surface area contributed by atoms with Crippen molar-refractivity contribution in [3.05, 3.63) is 57.4 Å². The summed E-state index contributed by atoms with van der Waals surface area (Å²) in [6.45, 7) is 1.37. The maximum absolute atomic E-state index is 6.09. The SMILES string of the molecule is NCC(c1ccc(Cl)c(Br)c1)N(Cc1ccco1)C1CC1. The smallest absolute Gasteiger partial charge is 0.117 e.